The summed E-state index contributed by atoms with van der Waals surface area (Å²) in [6.45, 7) is 4.85. The molecule has 0 saturated carbocycles. The molecule has 19 heavy (non-hydrogen) atoms. The molecule has 1 saturated heterocycles. The van der Waals surface area contributed by atoms with E-state index in [9.17, 15) is 0 Å². The zero-order chi connectivity index (χ0) is 13.1. The molecule has 0 spiro atoms. The summed E-state index contributed by atoms with van der Waals surface area (Å²) in [5.74, 6) is 1.02. The lowest BCUT2D eigenvalue weighted by Crippen LogP contribution is -2.20. The standard InChI is InChI=1S/C16H21NO2/c1-12-15(14-6-2-3-7-16(14)19-12)11-17-9-8-13-5-4-10-18-13/h2-3,6-7,13,17H,4-5,8-11H2,1H3. The van der Waals surface area contributed by atoms with Gasteiger partial charge in [0.1, 0.15) is 11.3 Å². The fourth-order valence-electron chi connectivity index (χ4n) is 2.79. The molecule has 2 aromatic rings. The Morgan fingerprint density at radius 2 is 2.21 bits per heavy atom. The van der Waals surface area contributed by atoms with Gasteiger partial charge in [0, 0.05) is 24.1 Å². The van der Waals surface area contributed by atoms with Gasteiger partial charge in [-0.05, 0) is 38.8 Å². The van der Waals surface area contributed by atoms with E-state index in [0.717, 1.165) is 37.5 Å². The number of rotatable bonds is 5. The maximum Gasteiger partial charge on any atom is 0.134 e. The Morgan fingerprint density at radius 3 is 3.05 bits per heavy atom. The Hall–Kier alpha value is -1.32. The van der Waals surface area contributed by atoms with E-state index < -0.39 is 0 Å². The number of benzene rings is 1. The van der Waals surface area contributed by atoms with Crippen LogP contribution in [0.4, 0.5) is 0 Å². The predicted molar refractivity (Wildman–Crippen MR) is 76.2 cm³/mol. The van der Waals surface area contributed by atoms with Gasteiger partial charge in [-0.1, -0.05) is 18.2 Å². The predicted octanol–water partition coefficient (Wildman–Crippen LogP) is 3.40. The molecule has 3 nitrogen and oxygen atoms in total. The molecule has 1 unspecified atom stereocenters. The lowest BCUT2D eigenvalue weighted by Gasteiger charge is -2.09. The smallest absolute Gasteiger partial charge is 0.134 e. The Morgan fingerprint density at radius 1 is 1.32 bits per heavy atom. The summed E-state index contributed by atoms with van der Waals surface area (Å²) in [6.07, 6.45) is 4.01. The highest BCUT2D eigenvalue weighted by Gasteiger charge is 2.15. The first-order valence-electron chi connectivity index (χ1n) is 7.14. The van der Waals surface area contributed by atoms with Crippen molar-refractivity contribution in [3.8, 4) is 0 Å². The molecule has 2 heterocycles. The van der Waals surface area contributed by atoms with Crippen LogP contribution in [0.25, 0.3) is 11.0 Å². The first-order valence-corrected chi connectivity index (χ1v) is 7.14. The number of fused-ring (bicyclic) bond motifs is 1. The van der Waals surface area contributed by atoms with Crippen LogP contribution in [0.1, 0.15) is 30.6 Å². The molecule has 102 valence electrons. The molecule has 0 bridgehead atoms. The first-order chi connectivity index (χ1) is 9.34. The topological polar surface area (TPSA) is 34.4 Å². The molecule has 1 aromatic carbocycles. The molecule has 3 rings (SSSR count). The summed E-state index contributed by atoms with van der Waals surface area (Å²) in [4.78, 5) is 0. The van der Waals surface area contributed by atoms with Crippen molar-refractivity contribution < 1.29 is 9.15 Å². The molecule has 1 fully saturated rings. The summed E-state index contributed by atoms with van der Waals surface area (Å²) in [5, 5.41) is 4.73. The second-order valence-corrected chi connectivity index (χ2v) is 5.23. The summed E-state index contributed by atoms with van der Waals surface area (Å²) in [7, 11) is 0. The molecular weight excluding hydrogens is 238 g/mol. The molecule has 1 aliphatic heterocycles. The maximum atomic E-state index is 5.76. The Balaban J connectivity index is 1.57. The quantitative estimate of drug-likeness (QED) is 0.836. The highest BCUT2D eigenvalue weighted by atomic mass is 16.5. The second kappa shape index (κ2) is 5.76. The maximum absolute atomic E-state index is 5.76. The fourth-order valence-corrected chi connectivity index (χ4v) is 2.79. The number of furan rings is 1. The van der Waals surface area contributed by atoms with Gasteiger partial charge in [0.15, 0.2) is 0 Å². The summed E-state index contributed by atoms with van der Waals surface area (Å²) < 4.78 is 11.4. The monoisotopic (exact) mass is 259 g/mol. The van der Waals surface area contributed by atoms with Gasteiger partial charge in [0.2, 0.25) is 0 Å². The summed E-state index contributed by atoms with van der Waals surface area (Å²) >= 11 is 0. The van der Waals surface area contributed by atoms with Crippen molar-refractivity contribution in [1.82, 2.24) is 5.32 Å². The number of ether oxygens (including phenoxy) is 1. The molecule has 0 radical (unpaired) electrons. The molecule has 1 N–H and O–H groups in total. The van der Waals surface area contributed by atoms with E-state index in [2.05, 4.69) is 17.4 Å². The van der Waals surface area contributed by atoms with Crippen molar-refractivity contribution in [3.05, 3.63) is 35.6 Å². The molecule has 3 heteroatoms. The van der Waals surface area contributed by atoms with Crippen molar-refractivity contribution >= 4 is 11.0 Å². The normalized spacial score (nSPS) is 19.3. The van der Waals surface area contributed by atoms with Gasteiger partial charge in [-0.25, -0.2) is 0 Å². The number of hydrogen-bond acceptors (Lipinski definition) is 3. The van der Waals surface area contributed by atoms with Crippen molar-refractivity contribution in [3.63, 3.8) is 0 Å². The average molecular weight is 259 g/mol. The number of para-hydroxylation sites is 1. The van der Waals surface area contributed by atoms with Crippen LogP contribution in [0.5, 0.6) is 0 Å². The van der Waals surface area contributed by atoms with Crippen LogP contribution in [0.15, 0.2) is 28.7 Å². The molecule has 1 atom stereocenters. The van der Waals surface area contributed by atoms with E-state index in [1.54, 1.807) is 0 Å². The zero-order valence-corrected chi connectivity index (χ0v) is 11.4. The second-order valence-electron chi connectivity index (χ2n) is 5.23. The van der Waals surface area contributed by atoms with Crippen LogP contribution in [0.2, 0.25) is 0 Å². The summed E-state index contributed by atoms with van der Waals surface area (Å²) in [6, 6.07) is 8.23. The van der Waals surface area contributed by atoms with Crippen molar-refractivity contribution in [2.45, 2.75) is 38.8 Å². The Bertz CT molecular complexity index is 541. The van der Waals surface area contributed by atoms with Gasteiger partial charge in [-0.15, -0.1) is 0 Å². The average Bonchev–Trinajstić information content (AvgIpc) is 3.02. The van der Waals surface area contributed by atoms with E-state index in [0.29, 0.717) is 6.10 Å². The van der Waals surface area contributed by atoms with Crippen LogP contribution >= 0.6 is 0 Å². The third kappa shape index (κ3) is 2.82. The molecule has 1 aliphatic rings. The van der Waals surface area contributed by atoms with Gasteiger partial charge in [-0.3, -0.25) is 0 Å². The summed E-state index contributed by atoms with van der Waals surface area (Å²) in [5.41, 5.74) is 2.26. The van der Waals surface area contributed by atoms with E-state index in [1.807, 2.05) is 19.1 Å². The van der Waals surface area contributed by atoms with E-state index >= 15 is 0 Å². The van der Waals surface area contributed by atoms with Crippen molar-refractivity contribution in [2.75, 3.05) is 13.2 Å². The molecular formula is C16H21NO2. The highest BCUT2D eigenvalue weighted by Crippen LogP contribution is 2.25. The number of aryl methyl sites for hydroxylation is 1. The first kappa shape index (κ1) is 12.7. The Labute approximate surface area is 113 Å². The minimum absolute atomic E-state index is 0.467. The largest absolute Gasteiger partial charge is 0.461 e. The Kier molecular flexibility index (Phi) is 3.85. The highest BCUT2D eigenvalue weighted by molar-refractivity contribution is 5.82. The van der Waals surface area contributed by atoms with Crippen LogP contribution in [-0.4, -0.2) is 19.3 Å². The van der Waals surface area contributed by atoms with Gasteiger partial charge in [0.25, 0.3) is 0 Å². The minimum Gasteiger partial charge on any atom is -0.461 e. The van der Waals surface area contributed by atoms with Gasteiger partial charge >= 0.3 is 0 Å². The third-order valence-corrected chi connectivity index (χ3v) is 3.87. The van der Waals surface area contributed by atoms with E-state index in [1.165, 1.54) is 23.8 Å². The lowest BCUT2D eigenvalue weighted by atomic mass is 10.1. The van der Waals surface area contributed by atoms with Crippen LogP contribution in [-0.2, 0) is 11.3 Å². The van der Waals surface area contributed by atoms with Gasteiger partial charge < -0.3 is 14.5 Å². The van der Waals surface area contributed by atoms with Crippen LogP contribution in [0, 0.1) is 6.92 Å². The third-order valence-electron chi connectivity index (χ3n) is 3.87. The molecule has 1 aromatic heterocycles. The fraction of sp³-hybridized carbons (Fsp3) is 0.500. The zero-order valence-electron chi connectivity index (χ0n) is 11.4. The van der Waals surface area contributed by atoms with Gasteiger partial charge in [0.05, 0.1) is 6.10 Å². The minimum atomic E-state index is 0.467. The van der Waals surface area contributed by atoms with E-state index in [4.69, 9.17) is 9.15 Å². The number of hydrogen-bond donors (Lipinski definition) is 1. The number of nitrogens with one attached hydrogen (secondary N) is 1. The van der Waals surface area contributed by atoms with Crippen molar-refractivity contribution in [1.29, 1.82) is 0 Å². The van der Waals surface area contributed by atoms with Crippen molar-refractivity contribution in [2.24, 2.45) is 0 Å². The molecule has 0 aliphatic carbocycles. The lowest BCUT2D eigenvalue weighted by molar-refractivity contribution is 0.104. The van der Waals surface area contributed by atoms with E-state index in [-0.39, 0.29) is 0 Å². The SMILES string of the molecule is Cc1oc2ccccc2c1CNCCC1CCCO1. The van der Waals surface area contributed by atoms with Crippen LogP contribution < -0.4 is 5.32 Å². The van der Waals surface area contributed by atoms with Crippen LogP contribution in [0.3, 0.4) is 0 Å². The van der Waals surface area contributed by atoms with Gasteiger partial charge in [-0.2, -0.15) is 0 Å². The molecule has 0 amide bonds.